The van der Waals surface area contributed by atoms with E-state index in [1.54, 1.807) is 11.3 Å². The van der Waals surface area contributed by atoms with E-state index in [1.807, 2.05) is 6.07 Å². The Bertz CT molecular complexity index is 408. The molecule has 0 aliphatic carbocycles. The summed E-state index contributed by atoms with van der Waals surface area (Å²) in [4.78, 5) is 13.9. The van der Waals surface area contributed by atoms with Crippen LogP contribution in [-0.4, -0.2) is 19.0 Å². The van der Waals surface area contributed by atoms with E-state index in [-0.39, 0.29) is 17.4 Å². The molecule has 1 aromatic heterocycles. The van der Waals surface area contributed by atoms with Gasteiger partial charge < -0.3 is 10.6 Å². The van der Waals surface area contributed by atoms with Crippen LogP contribution in [0.2, 0.25) is 0 Å². The van der Waals surface area contributed by atoms with Crippen molar-refractivity contribution in [2.24, 2.45) is 11.3 Å². The molecule has 2 atom stereocenters. The Labute approximate surface area is 119 Å². The van der Waals surface area contributed by atoms with Crippen molar-refractivity contribution in [1.82, 2.24) is 10.6 Å². The highest BCUT2D eigenvalue weighted by Gasteiger charge is 2.40. The smallest absolute Gasteiger partial charge is 0.228 e. The third kappa shape index (κ3) is 3.00. The van der Waals surface area contributed by atoms with Crippen LogP contribution in [0.25, 0.3) is 0 Å². The number of hydrogen-bond acceptors (Lipinski definition) is 3. The van der Waals surface area contributed by atoms with Gasteiger partial charge in [-0.15, -0.1) is 11.3 Å². The Kier molecular flexibility index (Phi) is 4.63. The first-order valence-corrected chi connectivity index (χ1v) is 8.02. The molecule has 1 aliphatic heterocycles. The van der Waals surface area contributed by atoms with E-state index < -0.39 is 0 Å². The average Bonchev–Trinajstić information content (AvgIpc) is 3.06. The lowest BCUT2D eigenvalue weighted by Gasteiger charge is -2.30. The van der Waals surface area contributed by atoms with Gasteiger partial charge >= 0.3 is 0 Å². The zero-order valence-corrected chi connectivity index (χ0v) is 12.8. The first-order chi connectivity index (χ1) is 9.09. The molecule has 2 N–H and O–H groups in total. The zero-order valence-electron chi connectivity index (χ0n) is 12.0. The number of carbonyl (C=O) groups excluding carboxylic acids is 1. The highest BCUT2D eigenvalue weighted by Crippen LogP contribution is 2.32. The van der Waals surface area contributed by atoms with Gasteiger partial charge in [-0.1, -0.05) is 26.8 Å². The Balaban J connectivity index is 2.11. The normalized spacial score (nSPS) is 24.6. The molecule has 0 saturated carbocycles. The van der Waals surface area contributed by atoms with Crippen molar-refractivity contribution < 1.29 is 4.79 Å². The number of carbonyl (C=O) groups is 1. The van der Waals surface area contributed by atoms with Crippen molar-refractivity contribution in [3.8, 4) is 0 Å². The molecule has 0 bridgehead atoms. The van der Waals surface area contributed by atoms with Crippen LogP contribution in [0.5, 0.6) is 0 Å². The minimum atomic E-state index is -0.204. The van der Waals surface area contributed by atoms with Crippen LogP contribution in [0, 0.1) is 11.3 Å². The maximum atomic E-state index is 12.7. The van der Waals surface area contributed by atoms with Crippen molar-refractivity contribution in [2.45, 2.75) is 39.7 Å². The zero-order chi connectivity index (χ0) is 13.9. The molecule has 1 aromatic rings. The van der Waals surface area contributed by atoms with E-state index in [0.29, 0.717) is 5.92 Å². The Morgan fingerprint density at radius 2 is 2.37 bits per heavy atom. The molecule has 0 radical (unpaired) electrons. The highest BCUT2D eigenvalue weighted by molar-refractivity contribution is 7.10. The lowest BCUT2D eigenvalue weighted by atomic mass is 9.82. The molecule has 19 heavy (non-hydrogen) atoms. The summed E-state index contributed by atoms with van der Waals surface area (Å²) in [7, 11) is 0. The van der Waals surface area contributed by atoms with Crippen LogP contribution in [-0.2, 0) is 4.79 Å². The number of rotatable bonds is 5. The molecule has 1 fully saturated rings. The molecule has 1 saturated heterocycles. The lowest BCUT2D eigenvalue weighted by molar-refractivity contribution is -0.131. The standard InChI is InChI=1S/C15H24N2OS/c1-4-15(7-8-16-10-15)14(18)17-13(11(2)3)12-6-5-9-19-12/h5-6,9,11,13,16H,4,7-8,10H2,1-3H3,(H,17,18). The predicted octanol–water partition coefficient (Wildman–Crippen LogP) is 2.95. The molecular weight excluding hydrogens is 256 g/mol. The van der Waals surface area contributed by atoms with Gasteiger partial charge in [0.2, 0.25) is 5.91 Å². The van der Waals surface area contributed by atoms with E-state index in [4.69, 9.17) is 0 Å². The largest absolute Gasteiger partial charge is 0.348 e. The summed E-state index contributed by atoms with van der Waals surface area (Å²) < 4.78 is 0. The summed E-state index contributed by atoms with van der Waals surface area (Å²) in [5.74, 6) is 0.623. The Morgan fingerprint density at radius 1 is 1.58 bits per heavy atom. The quantitative estimate of drug-likeness (QED) is 0.870. The van der Waals surface area contributed by atoms with Gasteiger partial charge in [-0.3, -0.25) is 4.79 Å². The summed E-state index contributed by atoms with van der Waals surface area (Å²) >= 11 is 1.72. The van der Waals surface area contributed by atoms with Crippen molar-refractivity contribution in [3.05, 3.63) is 22.4 Å². The fourth-order valence-electron chi connectivity index (χ4n) is 2.73. The maximum absolute atomic E-state index is 12.7. The van der Waals surface area contributed by atoms with Gasteiger partial charge in [0.1, 0.15) is 0 Å². The van der Waals surface area contributed by atoms with Crippen molar-refractivity contribution in [1.29, 1.82) is 0 Å². The summed E-state index contributed by atoms with van der Waals surface area (Å²) in [5, 5.41) is 8.68. The van der Waals surface area contributed by atoms with Crippen LogP contribution in [0.1, 0.15) is 44.5 Å². The molecule has 0 aromatic carbocycles. The van der Waals surface area contributed by atoms with Gasteiger partial charge in [0.25, 0.3) is 0 Å². The fraction of sp³-hybridized carbons (Fsp3) is 0.667. The minimum Gasteiger partial charge on any atom is -0.348 e. The monoisotopic (exact) mass is 280 g/mol. The van der Waals surface area contributed by atoms with Gasteiger partial charge in [-0.2, -0.15) is 0 Å². The molecule has 1 aliphatic rings. The lowest BCUT2D eigenvalue weighted by Crippen LogP contribution is -2.44. The SMILES string of the molecule is CCC1(C(=O)NC(c2cccs2)C(C)C)CCNC1. The molecule has 4 heteroatoms. The van der Waals surface area contributed by atoms with Crippen LogP contribution in [0.15, 0.2) is 17.5 Å². The second kappa shape index (κ2) is 6.06. The first-order valence-electron chi connectivity index (χ1n) is 7.14. The minimum absolute atomic E-state index is 0.136. The van der Waals surface area contributed by atoms with Gasteiger partial charge in [0.05, 0.1) is 11.5 Å². The number of nitrogens with one attached hydrogen (secondary N) is 2. The summed E-state index contributed by atoms with van der Waals surface area (Å²) in [6.45, 7) is 8.20. The van der Waals surface area contributed by atoms with Crippen molar-refractivity contribution >= 4 is 17.2 Å². The fourth-order valence-corrected chi connectivity index (χ4v) is 3.68. The van der Waals surface area contributed by atoms with Gasteiger partial charge in [-0.05, 0) is 36.8 Å². The third-order valence-corrected chi connectivity index (χ3v) is 5.16. The molecule has 106 valence electrons. The van der Waals surface area contributed by atoms with E-state index in [2.05, 4.69) is 42.9 Å². The average molecular weight is 280 g/mol. The van der Waals surface area contributed by atoms with Crippen molar-refractivity contribution in [2.75, 3.05) is 13.1 Å². The summed E-state index contributed by atoms with van der Waals surface area (Å²) in [6, 6.07) is 4.30. The molecular formula is C15H24N2OS. The van der Waals surface area contributed by atoms with Crippen molar-refractivity contribution in [3.63, 3.8) is 0 Å². The van der Waals surface area contributed by atoms with Gasteiger partial charge in [-0.25, -0.2) is 0 Å². The molecule has 2 unspecified atom stereocenters. The third-order valence-electron chi connectivity index (χ3n) is 4.21. The van der Waals surface area contributed by atoms with Crippen LogP contribution < -0.4 is 10.6 Å². The van der Waals surface area contributed by atoms with E-state index >= 15 is 0 Å². The maximum Gasteiger partial charge on any atom is 0.228 e. The van der Waals surface area contributed by atoms with E-state index in [0.717, 1.165) is 25.9 Å². The molecule has 3 nitrogen and oxygen atoms in total. The van der Waals surface area contributed by atoms with Crippen LogP contribution in [0.4, 0.5) is 0 Å². The van der Waals surface area contributed by atoms with E-state index in [9.17, 15) is 4.79 Å². The molecule has 2 rings (SSSR count). The second-order valence-electron chi connectivity index (χ2n) is 5.77. The summed E-state index contributed by atoms with van der Waals surface area (Å²) in [6.07, 6.45) is 1.85. The Morgan fingerprint density at radius 3 is 2.84 bits per heavy atom. The summed E-state index contributed by atoms with van der Waals surface area (Å²) in [5.41, 5.74) is -0.204. The van der Waals surface area contributed by atoms with Gasteiger partial charge in [0, 0.05) is 11.4 Å². The Hall–Kier alpha value is -0.870. The van der Waals surface area contributed by atoms with E-state index in [1.165, 1.54) is 4.88 Å². The molecule has 0 spiro atoms. The van der Waals surface area contributed by atoms with Crippen LogP contribution >= 0.6 is 11.3 Å². The first kappa shape index (κ1) is 14.5. The number of hydrogen-bond donors (Lipinski definition) is 2. The van der Waals surface area contributed by atoms with Crippen LogP contribution in [0.3, 0.4) is 0 Å². The number of thiophene rings is 1. The molecule has 2 heterocycles. The predicted molar refractivity (Wildman–Crippen MR) is 80.3 cm³/mol. The topological polar surface area (TPSA) is 41.1 Å². The van der Waals surface area contributed by atoms with Gasteiger partial charge in [0.15, 0.2) is 0 Å². The second-order valence-corrected chi connectivity index (χ2v) is 6.75. The molecule has 1 amide bonds. The highest BCUT2D eigenvalue weighted by atomic mass is 32.1. The number of amides is 1.